The van der Waals surface area contributed by atoms with Gasteiger partial charge < -0.3 is 5.11 Å². The van der Waals surface area contributed by atoms with Gasteiger partial charge in [0.1, 0.15) is 0 Å². The van der Waals surface area contributed by atoms with Crippen LogP contribution >= 0.6 is 0 Å². The van der Waals surface area contributed by atoms with E-state index in [2.05, 4.69) is 74.9 Å². The average Bonchev–Trinajstić information content (AvgIpc) is 4.17. The second kappa shape index (κ2) is 21.9. The van der Waals surface area contributed by atoms with E-state index in [0.29, 0.717) is 34.0 Å². The van der Waals surface area contributed by atoms with Crippen molar-refractivity contribution in [3.63, 3.8) is 0 Å². The quantitative estimate of drug-likeness (QED) is 0.156. The van der Waals surface area contributed by atoms with Crippen LogP contribution in [0.15, 0.2) is 138 Å². The number of benzene rings is 2. The van der Waals surface area contributed by atoms with Gasteiger partial charge in [0.2, 0.25) is 0 Å². The van der Waals surface area contributed by atoms with Gasteiger partial charge in [-0.1, -0.05) is 98.9 Å². The van der Waals surface area contributed by atoms with Crippen molar-refractivity contribution in [2.45, 2.75) is 117 Å². The van der Waals surface area contributed by atoms with Gasteiger partial charge in [0.25, 0.3) is 20.0 Å². The van der Waals surface area contributed by atoms with E-state index in [1.807, 2.05) is 44.9 Å². The molecule has 1 N–H and O–H groups in total. The molecule has 13 nitrogen and oxygen atoms in total. The van der Waals surface area contributed by atoms with Gasteiger partial charge in [-0.25, -0.2) is 34.7 Å². The van der Waals surface area contributed by atoms with Gasteiger partial charge in [-0.05, 0) is 127 Å². The summed E-state index contributed by atoms with van der Waals surface area (Å²) in [6.07, 6.45) is 24.6. The molecule has 0 amide bonds. The normalized spacial score (nSPS) is 17.4. The zero-order valence-corrected chi connectivity index (χ0v) is 43.4. The molecule has 1 fully saturated rings. The number of rotatable bonds is 8. The molecule has 1 atom stereocenters. The lowest BCUT2D eigenvalue weighted by Crippen LogP contribution is -2.25. The fraction of sp³-hybridized carbons (Fsp3) is 0.404. The molecule has 2 aliphatic carbocycles. The summed E-state index contributed by atoms with van der Waals surface area (Å²) < 4.78 is 60.1. The van der Waals surface area contributed by atoms with Gasteiger partial charge in [-0.2, -0.15) is 10.2 Å². The molecule has 0 aliphatic heterocycles. The van der Waals surface area contributed by atoms with Crippen LogP contribution in [0.25, 0.3) is 49.9 Å². The molecule has 384 valence electrons. The summed E-state index contributed by atoms with van der Waals surface area (Å²) in [5, 5.41) is 17.3. The first kappa shape index (κ1) is 55.2. The minimum atomic E-state index is -3.79. The maximum atomic E-state index is 13.5. The van der Waals surface area contributed by atoms with Crippen molar-refractivity contribution >= 4 is 47.7 Å². The SMILES string of the molecule is C.C.CO.Cn1cc(-c2cn(S(=O)(=O)c3ccccc3)c3ncc(C4=CCC(C(C)(C)C)CC4)cc23)cn1.Cn1cc(-c2cn(S(=O)(=O)c3ccccc3)c3ncc(C4CCC(C(C)(C)C)CC4)cc23)cn1. The molecular formula is C57H74N8O5S2. The van der Waals surface area contributed by atoms with Gasteiger partial charge >= 0.3 is 0 Å². The standard InChI is InChI=1S/C27H32N4O2S.C27H30N4O2S.CH4O.2CH4/c2*1-27(2,3)22-12-10-19(11-13-22)20-14-24-25(21-16-29-30(4)17-21)18-31(26(24)28-15-20)34(32,33)23-8-6-5-7-9-23;1-2;;/h5-9,14-19,22H,10-13H2,1-4H3;5-10,14-18,22H,11-13H2,1-4H3;2H,1H3;2*1H4. The Bertz CT molecular complexity index is 3370. The number of aryl methyl sites for hydroxylation is 2. The zero-order chi connectivity index (χ0) is 50.2. The topological polar surface area (TPSA) is 160 Å². The average molecular weight is 1020 g/mol. The Morgan fingerprint density at radius 1 is 0.556 bits per heavy atom. The molecule has 0 bridgehead atoms. The predicted molar refractivity (Wildman–Crippen MR) is 292 cm³/mol. The Labute approximate surface area is 427 Å². The first-order valence-corrected chi connectivity index (χ1v) is 26.9. The van der Waals surface area contributed by atoms with Crippen LogP contribution in [0.5, 0.6) is 0 Å². The predicted octanol–water partition coefficient (Wildman–Crippen LogP) is 12.8. The Kier molecular flexibility index (Phi) is 16.8. The number of hydrogen-bond acceptors (Lipinski definition) is 9. The number of aliphatic hydroxyl groups excluding tert-OH is 1. The minimum Gasteiger partial charge on any atom is -0.400 e. The number of hydrogen-bond donors (Lipinski definition) is 1. The molecule has 15 heteroatoms. The summed E-state index contributed by atoms with van der Waals surface area (Å²) in [4.78, 5) is 9.89. The first-order chi connectivity index (χ1) is 33.3. The number of aliphatic hydroxyl groups is 1. The molecule has 2 aromatic carbocycles. The number of aromatic nitrogens is 8. The number of allylic oxidation sites excluding steroid dienone is 2. The Morgan fingerprint density at radius 3 is 1.43 bits per heavy atom. The van der Waals surface area contributed by atoms with Crippen LogP contribution in [0.2, 0.25) is 0 Å². The van der Waals surface area contributed by atoms with Gasteiger partial charge in [0.05, 0.1) is 22.2 Å². The van der Waals surface area contributed by atoms with E-state index in [1.54, 1.807) is 88.7 Å². The molecular weight excluding hydrogens is 941 g/mol. The van der Waals surface area contributed by atoms with Crippen LogP contribution in [0.1, 0.15) is 118 Å². The highest BCUT2D eigenvalue weighted by Gasteiger charge is 2.32. The number of fused-ring (bicyclic) bond motifs is 2. The molecule has 8 aromatic rings. The summed E-state index contributed by atoms with van der Waals surface area (Å²) in [6.45, 7) is 13.9. The third-order valence-electron chi connectivity index (χ3n) is 14.3. The lowest BCUT2D eigenvalue weighted by Gasteiger charge is -2.37. The van der Waals surface area contributed by atoms with Gasteiger partial charge in [-0.3, -0.25) is 9.36 Å². The molecule has 0 saturated heterocycles. The highest BCUT2D eigenvalue weighted by atomic mass is 32.2. The molecule has 6 aromatic heterocycles. The van der Waals surface area contributed by atoms with Crippen molar-refractivity contribution in [1.29, 1.82) is 0 Å². The highest BCUT2D eigenvalue weighted by molar-refractivity contribution is 7.90. The maximum absolute atomic E-state index is 13.5. The molecule has 72 heavy (non-hydrogen) atoms. The summed E-state index contributed by atoms with van der Waals surface area (Å²) in [5.41, 5.74) is 8.42. The van der Waals surface area contributed by atoms with E-state index in [9.17, 15) is 16.8 Å². The third-order valence-corrected chi connectivity index (χ3v) is 17.6. The van der Waals surface area contributed by atoms with Gasteiger partial charge in [0, 0.05) is 91.4 Å². The van der Waals surface area contributed by atoms with Crippen LogP contribution in [0.3, 0.4) is 0 Å². The van der Waals surface area contributed by atoms with Crippen LogP contribution in [0.4, 0.5) is 0 Å². The van der Waals surface area contributed by atoms with Crippen molar-refractivity contribution in [3.8, 4) is 22.3 Å². The van der Waals surface area contributed by atoms with E-state index in [-0.39, 0.29) is 24.6 Å². The summed E-state index contributed by atoms with van der Waals surface area (Å²) in [5.74, 6) is 1.85. The zero-order valence-electron chi connectivity index (χ0n) is 41.8. The van der Waals surface area contributed by atoms with Gasteiger partial charge in [0.15, 0.2) is 11.3 Å². The maximum Gasteiger partial charge on any atom is 0.269 e. The lowest BCUT2D eigenvalue weighted by molar-refractivity contribution is 0.169. The largest absolute Gasteiger partial charge is 0.400 e. The molecule has 0 spiro atoms. The number of pyridine rings is 2. The minimum absolute atomic E-state index is 0. The van der Waals surface area contributed by atoms with E-state index in [0.717, 1.165) is 83.7 Å². The van der Waals surface area contributed by atoms with E-state index in [1.165, 1.54) is 31.9 Å². The number of nitrogens with zero attached hydrogens (tertiary/aromatic N) is 8. The summed E-state index contributed by atoms with van der Waals surface area (Å²) >= 11 is 0. The van der Waals surface area contributed by atoms with E-state index >= 15 is 0 Å². The van der Waals surface area contributed by atoms with Crippen LogP contribution < -0.4 is 0 Å². The van der Waals surface area contributed by atoms with Crippen molar-refractivity contribution < 1.29 is 21.9 Å². The van der Waals surface area contributed by atoms with Crippen LogP contribution in [-0.2, 0) is 34.1 Å². The lowest BCUT2D eigenvalue weighted by atomic mass is 9.69. The molecule has 0 radical (unpaired) electrons. The molecule has 1 unspecified atom stereocenters. The van der Waals surface area contributed by atoms with Gasteiger partial charge in [-0.15, -0.1) is 0 Å². The first-order valence-electron chi connectivity index (χ1n) is 24.0. The van der Waals surface area contributed by atoms with Crippen molar-refractivity contribution in [1.82, 2.24) is 37.5 Å². The fourth-order valence-electron chi connectivity index (χ4n) is 10.1. The van der Waals surface area contributed by atoms with Crippen molar-refractivity contribution in [2.24, 2.45) is 36.8 Å². The smallest absolute Gasteiger partial charge is 0.269 e. The Balaban J connectivity index is 0.000000222. The van der Waals surface area contributed by atoms with E-state index < -0.39 is 20.0 Å². The van der Waals surface area contributed by atoms with Crippen molar-refractivity contribution in [2.75, 3.05) is 7.11 Å². The summed E-state index contributed by atoms with van der Waals surface area (Å²) in [7, 11) is -2.86. The van der Waals surface area contributed by atoms with Crippen molar-refractivity contribution in [3.05, 3.63) is 140 Å². The van der Waals surface area contributed by atoms with E-state index in [4.69, 9.17) is 10.1 Å². The fourth-order valence-corrected chi connectivity index (χ4v) is 12.8. The Hall–Kier alpha value is -6.16. The molecule has 6 heterocycles. The third kappa shape index (κ3) is 11.2. The molecule has 10 rings (SSSR count). The van der Waals surface area contributed by atoms with Crippen LogP contribution in [-0.4, -0.2) is 66.5 Å². The second-order valence-corrected chi connectivity index (χ2v) is 24.5. The summed E-state index contributed by atoms with van der Waals surface area (Å²) in [6, 6.07) is 21.2. The Morgan fingerprint density at radius 2 is 1.01 bits per heavy atom. The van der Waals surface area contributed by atoms with Crippen LogP contribution in [0, 0.1) is 22.7 Å². The molecule has 2 aliphatic rings. The highest BCUT2D eigenvalue weighted by Crippen LogP contribution is 2.45. The second-order valence-electron chi connectivity index (χ2n) is 20.8. The monoisotopic (exact) mass is 1010 g/mol. The molecule has 1 saturated carbocycles.